The van der Waals surface area contributed by atoms with E-state index >= 15 is 0 Å². The molecule has 1 amide bonds. The van der Waals surface area contributed by atoms with E-state index in [2.05, 4.69) is 0 Å². The molecule has 0 spiro atoms. The second kappa shape index (κ2) is 9.23. The molecule has 9 heteroatoms. The molecule has 2 aromatic rings. The van der Waals surface area contributed by atoms with Gasteiger partial charge in [0.05, 0.1) is 15.9 Å². The van der Waals surface area contributed by atoms with Crippen molar-refractivity contribution < 1.29 is 18.1 Å². The van der Waals surface area contributed by atoms with E-state index in [0.717, 1.165) is 24.8 Å². The zero-order valence-corrected chi connectivity index (χ0v) is 19.8. The first-order valence-corrected chi connectivity index (χ1v) is 12.8. The monoisotopic (exact) mass is 471 g/mol. The third kappa shape index (κ3) is 4.65. The molecule has 176 valence electrons. The number of carbonyl (C=O) groups excluding carboxylic acids is 1. The Bertz CT molecular complexity index is 1170. The summed E-state index contributed by atoms with van der Waals surface area (Å²) in [6, 6.07) is 11.4. The number of amides is 1. The molecule has 0 saturated carbocycles. The van der Waals surface area contributed by atoms with Crippen molar-refractivity contribution in [1.29, 1.82) is 0 Å². The van der Waals surface area contributed by atoms with Crippen LogP contribution in [0.15, 0.2) is 47.4 Å². The molecule has 33 heavy (non-hydrogen) atoms. The largest absolute Gasteiger partial charge is 0.339 e. The normalized spacial score (nSPS) is 18.0. The first kappa shape index (κ1) is 23.4. The van der Waals surface area contributed by atoms with Crippen LogP contribution in [0.5, 0.6) is 0 Å². The molecule has 0 bridgehead atoms. The number of rotatable bonds is 6. The van der Waals surface area contributed by atoms with Gasteiger partial charge in [0, 0.05) is 38.2 Å². The molecule has 1 atom stereocenters. The number of hydrogen-bond donors (Lipinski definition) is 0. The molecule has 1 heterocycles. The number of non-ortho nitro benzene ring substituents is 1. The third-order valence-corrected chi connectivity index (χ3v) is 8.90. The van der Waals surface area contributed by atoms with Crippen molar-refractivity contribution in [3.8, 4) is 0 Å². The number of nitro groups is 1. The fraction of sp³-hybridized carbons (Fsp3) is 0.458. The van der Waals surface area contributed by atoms with Gasteiger partial charge in [-0.1, -0.05) is 18.2 Å². The van der Waals surface area contributed by atoms with E-state index in [1.54, 1.807) is 30.1 Å². The zero-order valence-electron chi connectivity index (χ0n) is 18.9. The molecule has 0 unspecified atom stereocenters. The van der Waals surface area contributed by atoms with Gasteiger partial charge in [0.15, 0.2) is 0 Å². The highest BCUT2D eigenvalue weighted by atomic mass is 32.2. The van der Waals surface area contributed by atoms with Gasteiger partial charge in [-0.15, -0.1) is 0 Å². The Morgan fingerprint density at radius 1 is 1.12 bits per heavy atom. The molecule has 0 N–H and O–H groups in total. The average Bonchev–Trinajstić information content (AvgIpc) is 3.31. The minimum atomic E-state index is -3.58. The number of carbonyl (C=O) groups is 1. The molecule has 2 aromatic carbocycles. The summed E-state index contributed by atoms with van der Waals surface area (Å²) in [4.78, 5) is 25.7. The summed E-state index contributed by atoms with van der Waals surface area (Å²) in [5.41, 5.74) is 3.04. The first-order chi connectivity index (χ1) is 15.7. The Morgan fingerprint density at radius 3 is 2.52 bits per heavy atom. The SMILES string of the molecule is C[C@@H](c1cccc([N+](=O)[O-])c1)N(C)C(=O)C1CCN(S(=O)(=O)c2ccc3c(c2)CCC3)CC1. The van der Waals surface area contributed by atoms with Gasteiger partial charge in [0.2, 0.25) is 15.9 Å². The second-order valence-corrected chi connectivity index (χ2v) is 10.9. The Morgan fingerprint density at radius 2 is 1.82 bits per heavy atom. The van der Waals surface area contributed by atoms with Gasteiger partial charge in [-0.3, -0.25) is 14.9 Å². The highest BCUT2D eigenvalue weighted by Crippen LogP contribution is 2.30. The van der Waals surface area contributed by atoms with Crippen LogP contribution in [0.4, 0.5) is 5.69 Å². The molecule has 0 aromatic heterocycles. The third-order valence-electron chi connectivity index (χ3n) is 7.00. The molecule has 1 aliphatic carbocycles. The van der Waals surface area contributed by atoms with E-state index in [9.17, 15) is 23.3 Å². The van der Waals surface area contributed by atoms with Crippen LogP contribution in [0, 0.1) is 16.0 Å². The molecule has 1 saturated heterocycles. The standard InChI is InChI=1S/C24H29N3O5S/c1-17(20-6-4-8-22(15-20)27(29)30)25(2)24(28)19-11-13-26(14-12-19)33(31,32)23-10-9-18-5-3-7-21(18)16-23/h4,6,8-10,15-17,19H,3,5,7,11-14H2,1-2H3/t17-/m0/s1. The molecule has 2 aliphatic rings. The molecule has 8 nitrogen and oxygen atoms in total. The van der Waals surface area contributed by atoms with Gasteiger partial charge >= 0.3 is 0 Å². The van der Waals surface area contributed by atoms with Crippen molar-refractivity contribution >= 4 is 21.6 Å². The molecule has 1 fully saturated rings. The number of hydrogen-bond acceptors (Lipinski definition) is 5. The lowest BCUT2D eigenvalue weighted by Gasteiger charge is -2.34. The molecular formula is C24H29N3O5S. The summed E-state index contributed by atoms with van der Waals surface area (Å²) < 4.78 is 27.8. The van der Waals surface area contributed by atoms with Gasteiger partial charge in [0.1, 0.15) is 0 Å². The van der Waals surface area contributed by atoms with Crippen molar-refractivity contribution in [2.75, 3.05) is 20.1 Å². The maximum absolute atomic E-state index is 13.2. The molecule has 1 aliphatic heterocycles. The van der Waals surface area contributed by atoms with E-state index in [1.165, 1.54) is 22.0 Å². The topological polar surface area (TPSA) is 101 Å². The number of benzene rings is 2. The predicted molar refractivity (Wildman–Crippen MR) is 124 cm³/mol. The summed E-state index contributed by atoms with van der Waals surface area (Å²) in [5, 5.41) is 11.1. The van der Waals surface area contributed by atoms with Crippen LogP contribution in [-0.4, -0.2) is 48.6 Å². The van der Waals surface area contributed by atoms with E-state index in [1.807, 2.05) is 19.1 Å². The number of piperidine rings is 1. The van der Waals surface area contributed by atoms with E-state index in [0.29, 0.717) is 36.4 Å². The van der Waals surface area contributed by atoms with Crippen molar-refractivity contribution in [3.05, 3.63) is 69.3 Å². The summed E-state index contributed by atoms with van der Waals surface area (Å²) >= 11 is 0. The summed E-state index contributed by atoms with van der Waals surface area (Å²) in [7, 11) is -1.89. The van der Waals surface area contributed by atoms with Gasteiger partial charge < -0.3 is 4.90 Å². The zero-order chi connectivity index (χ0) is 23.8. The van der Waals surface area contributed by atoms with Gasteiger partial charge in [-0.25, -0.2) is 8.42 Å². The van der Waals surface area contributed by atoms with Gasteiger partial charge in [-0.05, 0) is 67.9 Å². The quantitative estimate of drug-likeness (QED) is 0.472. The minimum absolute atomic E-state index is 0.00901. The van der Waals surface area contributed by atoms with Crippen LogP contribution < -0.4 is 0 Å². The van der Waals surface area contributed by atoms with Crippen molar-refractivity contribution in [2.45, 2.75) is 50.0 Å². The lowest BCUT2D eigenvalue weighted by Crippen LogP contribution is -2.44. The Labute approximate surface area is 194 Å². The van der Waals surface area contributed by atoms with Crippen LogP contribution in [0.2, 0.25) is 0 Å². The fourth-order valence-corrected chi connectivity index (χ4v) is 6.32. The number of fused-ring (bicyclic) bond motifs is 1. The van der Waals surface area contributed by atoms with Crippen molar-refractivity contribution in [2.24, 2.45) is 5.92 Å². The first-order valence-electron chi connectivity index (χ1n) is 11.3. The van der Waals surface area contributed by atoms with Crippen molar-refractivity contribution in [1.82, 2.24) is 9.21 Å². The number of aryl methyl sites for hydroxylation is 2. The molecular weight excluding hydrogens is 442 g/mol. The van der Waals surface area contributed by atoms with Crippen LogP contribution in [0.25, 0.3) is 0 Å². The second-order valence-electron chi connectivity index (χ2n) is 8.94. The molecule has 4 rings (SSSR count). The van der Waals surface area contributed by atoms with Crippen LogP contribution in [0.3, 0.4) is 0 Å². The maximum atomic E-state index is 13.2. The number of sulfonamides is 1. The van der Waals surface area contributed by atoms with Gasteiger partial charge in [0.25, 0.3) is 5.69 Å². The summed E-state index contributed by atoms with van der Waals surface area (Å²) in [5.74, 6) is -0.341. The summed E-state index contributed by atoms with van der Waals surface area (Å²) in [6.07, 6.45) is 3.90. The fourth-order valence-electron chi connectivity index (χ4n) is 4.80. The Balaban J connectivity index is 1.40. The Kier molecular flexibility index (Phi) is 6.54. The van der Waals surface area contributed by atoms with E-state index in [4.69, 9.17) is 0 Å². The molecule has 0 radical (unpaired) electrons. The highest BCUT2D eigenvalue weighted by Gasteiger charge is 2.34. The predicted octanol–water partition coefficient (Wildman–Crippen LogP) is 3.70. The number of nitrogens with zero attached hydrogens (tertiary/aromatic N) is 3. The lowest BCUT2D eigenvalue weighted by atomic mass is 9.95. The van der Waals surface area contributed by atoms with Crippen LogP contribution >= 0.6 is 0 Å². The van der Waals surface area contributed by atoms with Crippen LogP contribution in [-0.2, 0) is 27.7 Å². The Hall–Kier alpha value is -2.78. The summed E-state index contributed by atoms with van der Waals surface area (Å²) in [6.45, 7) is 2.44. The average molecular weight is 472 g/mol. The lowest BCUT2D eigenvalue weighted by molar-refractivity contribution is -0.384. The van der Waals surface area contributed by atoms with E-state index < -0.39 is 14.9 Å². The van der Waals surface area contributed by atoms with E-state index in [-0.39, 0.29) is 23.6 Å². The minimum Gasteiger partial charge on any atom is -0.339 e. The number of nitro benzene ring substituents is 1. The van der Waals surface area contributed by atoms with Gasteiger partial charge in [-0.2, -0.15) is 4.31 Å². The smallest absolute Gasteiger partial charge is 0.269 e. The van der Waals surface area contributed by atoms with Crippen molar-refractivity contribution in [3.63, 3.8) is 0 Å². The maximum Gasteiger partial charge on any atom is 0.269 e. The van der Waals surface area contributed by atoms with Crippen LogP contribution in [0.1, 0.15) is 48.9 Å². The highest BCUT2D eigenvalue weighted by molar-refractivity contribution is 7.89.